The van der Waals surface area contributed by atoms with Crippen LogP contribution in [0.1, 0.15) is 45.4 Å². The monoisotopic (exact) mass is 228 g/mol. The van der Waals surface area contributed by atoms with Crippen LogP contribution in [0, 0.1) is 11.8 Å². The van der Waals surface area contributed by atoms with Gasteiger partial charge in [-0.05, 0) is 24.7 Å². The minimum atomic E-state index is -0.235. The van der Waals surface area contributed by atoms with Crippen LogP contribution in [0.3, 0.4) is 0 Å². The summed E-state index contributed by atoms with van der Waals surface area (Å²) in [6.45, 7) is 3.63. The lowest BCUT2D eigenvalue weighted by Crippen LogP contribution is -2.29. The Bertz CT molecular complexity index is 193. The first-order chi connectivity index (χ1) is 7.79. The molecule has 3 heteroatoms. The average molecular weight is 228 g/mol. The zero-order chi connectivity index (χ0) is 11.4. The zero-order valence-electron chi connectivity index (χ0n) is 10.2. The van der Waals surface area contributed by atoms with E-state index in [1.165, 1.54) is 32.1 Å². The Morgan fingerprint density at radius 2 is 1.75 bits per heavy atom. The quantitative estimate of drug-likeness (QED) is 0.802. The van der Waals surface area contributed by atoms with Gasteiger partial charge in [-0.1, -0.05) is 26.2 Å². The smallest absolute Gasteiger partial charge is 0.160 e. The summed E-state index contributed by atoms with van der Waals surface area (Å²) >= 11 is 0. The van der Waals surface area contributed by atoms with Crippen LogP contribution in [-0.4, -0.2) is 30.7 Å². The van der Waals surface area contributed by atoms with Crippen molar-refractivity contribution in [2.75, 3.05) is 13.2 Å². The van der Waals surface area contributed by atoms with Gasteiger partial charge in [-0.2, -0.15) is 0 Å². The third-order valence-corrected chi connectivity index (χ3v) is 4.14. The lowest BCUT2D eigenvalue weighted by molar-refractivity contribution is -0.0826. The molecule has 0 aromatic heterocycles. The fourth-order valence-corrected chi connectivity index (χ4v) is 2.91. The van der Waals surface area contributed by atoms with Crippen molar-refractivity contribution in [2.45, 2.75) is 57.8 Å². The van der Waals surface area contributed by atoms with E-state index in [0.29, 0.717) is 25.6 Å². The molecule has 1 aliphatic heterocycles. The average Bonchev–Trinajstić information content (AvgIpc) is 2.82. The van der Waals surface area contributed by atoms with Gasteiger partial charge >= 0.3 is 0 Å². The molecule has 1 saturated carbocycles. The van der Waals surface area contributed by atoms with Crippen molar-refractivity contribution in [3.05, 3.63) is 0 Å². The summed E-state index contributed by atoms with van der Waals surface area (Å²) in [7, 11) is 0. The first kappa shape index (κ1) is 12.3. The van der Waals surface area contributed by atoms with Crippen LogP contribution in [0.25, 0.3) is 0 Å². The maximum Gasteiger partial charge on any atom is 0.160 e. The highest BCUT2D eigenvalue weighted by molar-refractivity contribution is 4.78. The fourth-order valence-electron chi connectivity index (χ4n) is 2.91. The molecule has 2 rings (SSSR count). The molecule has 3 nitrogen and oxygen atoms in total. The summed E-state index contributed by atoms with van der Waals surface area (Å²) < 4.78 is 10.7. The highest BCUT2D eigenvalue weighted by Gasteiger charge is 2.29. The highest BCUT2D eigenvalue weighted by Crippen LogP contribution is 2.34. The normalized spacial score (nSPS) is 34.1. The Morgan fingerprint density at radius 3 is 2.31 bits per heavy atom. The Labute approximate surface area is 98.1 Å². The van der Waals surface area contributed by atoms with E-state index in [1.54, 1.807) is 0 Å². The van der Waals surface area contributed by atoms with Crippen molar-refractivity contribution in [1.29, 1.82) is 0 Å². The molecule has 1 atom stereocenters. The molecule has 1 aliphatic carbocycles. The van der Waals surface area contributed by atoms with Crippen molar-refractivity contribution < 1.29 is 14.6 Å². The summed E-state index contributed by atoms with van der Waals surface area (Å²) in [5.41, 5.74) is 0. The molecule has 1 saturated heterocycles. The van der Waals surface area contributed by atoms with Crippen LogP contribution in [0.15, 0.2) is 0 Å². The maximum absolute atomic E-state index is 10.1. The van der Waals surface area contributed by atoms with Gasteiger partial charge in [0.1, 0.15) is 0 Å². The molecule has 1 unspecified atom stereocenters. The summed E-state index contributed by atoms with van der Waals surface area (Å²) in [4.78, 5) is 0. The minimum absolute atomic E-state index is 0.154. The molecule has 0 aromatic carbocycles. The topological polar surface area (TPSA) is 38.7 Å². The number of aliphatic hydroxyl groups excluding tert-OH is 1. The summed E-state index contributed by atoms with van der Waals surface area (Å²) in [6, 6.07) is 0. The van der Waals surface area contributed by atoms with Gasteiger partial charge in [0.05, 0.1) is 19.3 Å². The molecule has 1 N–H and O–H groups in total. The molecule has 2 fully saturated rings. The molecule has 2 aliphatic rings. The van der Waals surface area contributed by atoms with Crippen LogP contribution in [-0.2, 0) is 9.47 Å². The number of rotatable bonds is 4. The van der Waals surface area contributed by atoms with Gasteiger partial charge in [-0.3, -0.25) is 0 Å². The van der Waals surface area contributed by atoms with Crippen LogP contribution in [0.2, 0.25) is 0 Å². The molecule has 94 valence electrons. The van der Waals surface area contributed by atoms with E-state index in [2.05, 4.69) is 6.92 Å². The second-order valence-corrected chi connectivity index (χ2v) is 5.16. The van der Waals surface area contributed by atoms with Crippen LogP contribution >= 0.6 is 0 Å². The van der Waals surface area contributed by atoms with Crippen molar-refractivity contribution in [3.8, 4) is 0 Å². The summed E-state index contributed by atoms with van der Waals surface area (Å²) in [5, 5.41) is 10.1. The second-order valence-electron chi connectivity index (χ2n) is 5.16. The van der Waals surface area contributed by atoms with Gasteiger partial charge in [0.15, 0.2) is 6.29 Å². The Balaban J connectivity index is 1.70. The molecular formula is C13H24O3. The summed E-state index contributed by atoms with van der Waals surface area (Å²) in [6.07, 6.45) is 6.47. The van der Waals surface area contributed by atoms with E-state index >= 15 is 0 Å². The molecule has 16 heavy (non-hydrogen) atoms. The maximum atomic E-state index is 10.1. The zero-order valence-corrected chi connectivity index (χ0v) is 10.2. The Kier molecular flexibility index (Phi) is 4.62. The van der Waals surface area contributed by atoms with Gasteiger partial charge in [0.25, 0.3) is 0 Å². The van der Waals surface area contributed by atoms with Gasteiger partial charge in [-0.15, -0.1) is 0 Å². The molecule has 0 aromatic rings. The molecular weight excluding hydrogens is 204 g/mol. The summed E-state index contributed by atoms with van der Waals surface area (Å²) in [5.74, 6) is 1.36. The highest BCUT2D eigenvalue weighted by atomic mass is 16.7. The second kappa shape index (κ2) is 5.99. The molecule has 0 radical (unpaired) electrons. The lowest BCUT2D eigenvalue weighted by Gasteiger charge is -2.31. The molecule has 0 spiro atoms. The Morgan fingerprint density at radius 1 is 1.12 bits per heavy atom. The third kappa shape index (κ3) is 3.19. The van der Waals surface area contributed by atoms with E-state index in [4.69, 9.17) is 9.47 Å². The number of hydrogen-bond donors (Lipinski definition) is 1. The number of ether oxygens (including phenoxy) is 2. The molecule has 1 heterocycles. The van der Waals surface area contributed by atoms with Crippen LogP contribution < -0.4 is 0 Å². The SMILES string of the molecule is CCC1CCC(C(O)CC2OCCO2)CC1. The van der Waals surface area contributed by atoms with Gasteiger partial charge in [-0.25, -0.2) is 0 Å². The van der Waals surface area contributed by atoms with E-state index in [9.17, 15) is 5.11 Å². The van der Waals surface area contributed by atoms with Crippen molar-refractivity contribution >= 4 is 0 Å². The predicted molar refractivity (Wildman–Crippen MR) is 62.1 cm³/mol. The van der Waals surface area contributed by atoms with E-state index in [0.717, 1.165) is 5.92 Å². The number of hydrogen-bond acceptors (Lipinski definition) is 3. The predicted octanol–water partition coefficient (Wildman–Crippen LogP) is 2.33. The fraction of sp³-hybridized carbons (Fsp3) is 1.00. The van der Waals surface area contributed by atoms with Gasteiger partial charge in [0, 0.05) is 6.42 Å². The van der Waals surface area contributed by atoms with Crippen LogP contribution in [0.4, 0.5) is 0 Å². The van der Waals surface area contributed by atoms with Gasteiger partial charge < -0.3 is 14.6 Å². The van der Waals surface area contributed by atoms with Crippen LogP contribution in [0.5, 0.6) is 0 Å². The minimum Gasteiger partial charge on any atom is -0.393 e. The first-order valence-corrected chi connectivity index (χ1v) is 6.71. The third-order valence-electron chi connectivity index (χ3n) is 4.14. The van der Waals surface area contributed by atoms with Crippen molar-refractivity contribution in [1.82, 2.24) is 0 Å². The Hall–Kier alpha value is -0.120. The van der Waals surface area contributed by atoms with E-state index < -0.39 is 0 Å². The van der Waals surface area contributed by atoms with E-state index in [-0.39, 0.29) is 12.4 Å². The lowest BCUT2D eigenvalue weighted by atomic mass is 9.78. The molecule has 0 bridgehead atoms. The van der Waals surface area contributed by atoms with Gasteiger partial charge in [0.2, 0.25) is 0 Å². The van der Waals surface area contributed by atoms with Crippen molar-refractivity contribution in [2.24, 2.45) is 11.8 Å². The van der Waals surface area contributed by atoms with Crippen molar-refractivity contribution in [3.63, 3.8) is 0 Å². The standard InChI is InChI=1S/C13H24O3/c1-2-10-3-5-11(6-4-10)12(14)9-13-15-7-8-16-13/h10-14H,2-9H2,1H3. The molecule has 0 amide bonds. The largest absolute Gasteiger partial charge is 0.393 e. The number of aliphatic hydroxyl groups is 1. The van der Waals surface area contributed by atoms with E-state index in [1.807, 2.05) is 0 Å². The first-order valence-electron chi connectivity index (χ1n) is 6.71.